The van der Waals surface area contributed by atoms with E-state index in [2.05, 4.69) is 248 Å². The molecule has 0 bridgehead atoms. The van der Waals surface area contributed by atoms with Crippen molar-refractivity contribution in [2.24, 2.45) is 0 Å². The molecule has 2 nitrogen and oxygen atoms in total. The number of hydrogen-bond acceptors (Lipinski definition) is 2. The molecule has 0 aliphatic carbocycles. The highest BCUT2D eigenvalue weighted by Crippen LogP contribution is 2.43. The molecule has 310 valence electrons. The molecule has 0 N–H and O–H groups in total. The fourth-order valence-electron chi connectivity index (χ4n) is 9.52. The van der Waals surface area contributed by atoms with E-state index < -0.39 is 0 Å². The van der Waals surface area contributed by atoms with E-state index in [0.717, 1.165) is 72.7 Å². The Bertz CT molecular complexity index is 3630. The van der Waals surface area contributed by atoms with Gasteiger partial charge < -0.3 is 9.32 Å². The van der Waals surface area contributed by atoms with Gasteiger partial charge in [-0.3, -0.25) is 0 Å². The minimum absolute atomic E-state index is 0.874. The Balaban J connectivity index is 0.894. The van der Waals surface area contributed by atoms with Gasteiger partial charge in [-0.05, 0) is 120 Å². The SMILES string of the molecule is c1ccc(-c2ccc(-c3ccccc3N(c3ccc(-c4ccc(-c5ccccc5-c5cc6ccccc6o5)cc4)cc3)c3ccc(-c4ccc5c(ccc6ccccc65)c4)cc3)cc2)cc1. The lowest BCUT2D eigenvalue weighted by molar-refractivity contribution is 0.632. The second kappa shape index (κ2) is 16.8. The van der Waals surface area contributed by atoms with Gasteiger partial charge in [0.2, 0.25) is 0 Å². The Labute approximate surface area is 384 Å². The predicted octanol–water partition coefficient (Wildman–Crippen LogP) is 18.2. The van der Waals surface area contributed by atoms with Crippen LogP contribution < -0.4 is 4.90 Å². The molecule has 0 unspecified atom stereocenters. The molecule has 12 rings (SSSR count). The summed E-state index contributed by atoms with van der Waals surface area (Å²) in [5.74, 6) is 0.874. The zero-order chi connectivity index (χ0) is 43.8. The number of nitrogens with zero attached hydrogens (tertiary/aromatic N) is 1. The first-order valence-corrected chi connectivity index (χ1v) is 22.6. The van der Waals surface area contributed by atoms with E-state index in [9.17, 15) is 0 Å². The van der Waals surface area contributed by atoms with E-state index in [1.165, 1.54) is 43.8 Å². The summed E-state index contributed by atoms with van der Waals surface area (Å²) in [6, 6.07) is 93.8. The zero-order valence-corrected chi connectivity index (χ0v) is 36.2. The van der Waals surface area contributed by atoms with Gasteiger partial charge in [0.05, 0.1) is 5.69 Å². The Hall–Kier alpha value is -8.72. The lowest BCUT2D eigenvalue weighted by atomic mass is 9.95. The van der Waals surface area contributed by atoms with Gasteiger partial charge in [0, 0.05) is 27.9 Å². The van der Waals surface area contributed by atoms with Crippen molar-refractivity contribution in [1.82, 2.24) is 0 Å². The number of para-hydroxylation sites is 2. The largest absolute Gasteiger partial charge is 0.456 e. The predicted molar refractivity (Wildman–Crippen MR) is 279 cm³/mol. The first kappa shape index (κ1) is 38.9. The standard InChI is InChI=1S/C64H43NO/c1-2-12-44(13-3-1)45-24-28-51(29-25-45)60-18-9-10-20-62(60)65(56-39-34-48(35-40-56)52-36-41-59-53(42-52)31-30-49-14-4-6-16-57(49)59)55-37-32-47(33-38-55)46-22-26-50(27-23-46)58-17-7-8-19-61(58)64-43-54-15-5-11-21-63(54)66-64/h1-43H. The van der Waals surface area contributed by atoms with Gasteiger partial charge in [-0.15, -0.1) is 0 Å². The summed E-state index contributed by atoms with van der Waals surface area (Å²) >= 11 is 0. The summed E-state index contributed by atoms with van der Waals surface area (Å²) in [5, 5.41) is 6.17. The van der Waals surface area contributed by atoms with Gasteiger partial charge in [-0.25, -0.2) is 0 Å². The second-order valence-electron chi connectivity index (χ2n) is 16.9. The molecule has 0 saturated carbocycles. The van der Waals surface area contributed by atoms with Crippen molar-refractivity contribution in [3.05, 3.63) is 261 Å². The van der Waals surface area contributed by atoms with Gasteiger partial charge in [0.25, 0.3) is 0 Å². The zero-order valence-electron chi connectivity index (χ0n) is 36.2. The Morgan fingerprint density at radius 1 is 0.258 bits per heavy atom. The van der Waals surface area contributed by atoms with Crippen molar-refractivity contribution in [2.75, 3.05) is 4.90 Å². The number of fused-ring (bicyclic) bond motifs is 4. The fraction of sp³-hybridized carbons (Fsp3) is 0. The van der Waals surface area contributed by atoms with Crippen LogP contribution in [0.25, 0.3) is 99.5 Å². The van der Waals surface area contributed by atoms with E-state index in [4.69, 9.17) is 4.42 Å². The Morgan fingerprint density at radius 3 is 1.39 bits per heavy atom. The minimum atomic E-state index is 0.874. The van der Waals surface area contributed by atoms with Crippen molar-refractivity contribution in [2.45, 2.75) is 0 Å². The maximum absolute atomic E-state index is 6.31. The van der Waals surface area contributed by atoms with Gasteiger partial charge in [0.15, 0.2) is 0 Å². The lowest BCUT2D eigenvalue weighted by Crippen LogP contribution is -2.11. The summed E-state index contributed by atoms with van der Waals surface area (Å²) in [6.45, 7) is 0. The van der Waals surface area contributed by atoms with Crippen LogP contribution in [-0.2, 0) is 0 Å². The number of furan rings is 1. The quantitative estimate of drug-likeness (QED) is 0.135. The molecule has 1 heterocycles. The van der Waals surface area contributed by atoms with E-state index in [-0.39, 0.29) is 0 Å². The third kappa shape index (κ3) is 7.31. The van der Waals surface area contributed by atoms with Crippen molar-refractivity contribution in [3.63, 3.8) is 0 Å². The van der Waals surface area contributed by atoms with Crippen LogP contribution in [0.4, 0.5) is 17.1 Å². The van der Waals surface area contributed by atoms with Crippen molar-refractivity contribution < 1.29 is 4.42 Å². The van der Waals surface area contributed by atoms with E-state index in [0.29, 0.717) is 0 Å². The number of benzene rings is 11. The first-order chi connectivity index (χ1) is 32.7. The van der Waals surface area contributed by atoms with Gasteiger partial charge in [-0.1, -0.05) is 212 Å². The Morgan fingerprint density at radius 2 is 0.712 bits per heavy atom. The Kier molecular flexibility index (Phi) is 9.89. The summed E-state index contributed by atoms with van der Waals surface area (Å²) in [7, 11) is 0. The van der Waals surface area contributed by atoms with Crippen molar-refractivity contribution in [1.29, 1.82) is 0 Å². The lowest BCUT2D eigenvalue weighted by Gasteiger charge is -2.28. The smallest absolute Gasteiger partial charge is 0.136 e. The van der Waals surface area contributed by atoms with Crippen LogP contribution in [0.1, 0.15) is 0 Å². The van der Waals surface area contributed by atoms with Crippen LogP contribution in [0.15, 0.2) is 265 Å². The molecular formula is C64H43NO. The molecule has 0 amide bonds. The third-order valence-electron chi connectivity index (χ3n) is 12.9. The molecule has 66 heavy (non-hydrogen) atoms. The highest BCUT2D eigenvalue weighted by Gasteiger charge is 2.19. The van der Waals surface area contributed by atoms with E-state index >= 15 is 0 Å². The topological polar surface area (TPSA) is 16.4 Å². The highest BCUT2D eigenvalue weighted by molar-refractivity contribution is 6.08. The molecule has 12 aromatic rings. The minimum Gasteiger partial charge on any atom is -0.456 e. The van der Waals surface area contributed by atoms with Crippen LogP contribution in [0.2, 0.25) is 0 Å². The molecule has 1 aromatic heterocycles. The fourth-order valence-corrected chi connectivity index (χ4v) is 9.52. The van der Waals surface area contributed by atoms with Gasteiger partial charge in [0.1, 0.15) is 11.3 Å². The maximum atomic E-state index is 6.31. The molecule has 2 heteroatoms. The van der Waals surface area contributed by atoms with Gasteiger partial charge in [-0.2, -0.15) is 0 Å². The van der Waals surface area contributed by atoms with Crippen molar-refractivity contribution in [3.8, 4) is 67.0 Å². The van der Waals surface area contributed by atoms with E-state index in [1.54, 1.807) is 0 Å². The molecule has 0 aliphatic rings. The first-order valence-electron chi connectivity index (χ1n) is 22.6. The normalized spacial score (nSPS) is 11.3. The van der Waals surface area contributed by atoms with Crippen LogP contribution in [0.5, 0.6) is 0 Å². The number of anilines is 3. The molecule has 0 spiro atoms. The van der Waals surface area contributed by atoms with Crippen molar-refractivity contribution >= 4 is 49.6 Å². The average Bonchev–Trinajstić information content (AvgIpc) is 3.84. The van der Waals surface area contributed by atoms with Gasteiger partial charge >= 0.3 is 0 Å². The molecule has 0 aliphatic heterocycles. The summed E-state index contributed by atoms with van der Waals surface area (Å²) in [4.78, 5) is 2.39. The molecule has 0 saturated heterocycles. The van der Waals surface area contributed by atoms with Crippen LogP contribution in [0.3, 0.4) is 0 Å². The average molecular weight is 842 g/mol. The van der Waals surface area contributed by atoms with Crippen LogP contribution in [-0.4, -0.2) is 0 Å². The number of hydrogen-bond donors (Lipinski definition) is 0. The highest BCUT2D eigenvalue weighted by atomic mass is 16.3. The van der Waals surface area contributed by atoms with E-state index in [1.807, 2.05) is 18.2 Å². The molecular weight excluding hydrogens is 799 g/mol. The summed E-state index contributed by atoms with van der Waals surface area (Å²) < 4.78 is 6.31. The maximum Gasteiger partial charge on any atom is 0.136 e. The second-order valence-corrected chi connectivity index (χ2v) is 16.9. The monoisotopic (exact) mass is 841 g/mol. The summed E-state index contributed by atoms with van der Waals surface area (Å²) in [5.41, 5.74) is 16.9. The number of rotatable bonds is 9. The van der Waals surface area contributed by atoms with Crippen LogP contribution >= 0.6 is 0 Å². The third-order valence-corrected chi connectivity index (χ3v) is 12.9. The van der Waals surface area contributed by atoms with Crippen LogP contribution in [0, 0.1) is 0 Å². The summed E-state index contributed by atoms with van der Waals surface area (Å²) in [6.07, 6.45) is 0. The molecule has 0 fully saturated rings. The molecule has 11 aromatic carbocycles. The molecule has 0 radical (unpaired) electrons. The molecule has 0 atom stereocenters.